The average Bonchev–Trinajstić information content (AvgIpc) is 3.09. The van der Waals surface area contributed by atoms with Crippen LogP contribution in [0.1, 0.15) is 11.5 Å². The van der Waals surface area contributed by atoms with E-state index in [1.54, 1.807) is 6.07 Å². The molecule has 0 amide bonds. The number of aryl methyl sites for hydroxylation is 2. The van der Waals surface area contributed by atoms with Gasteiger partial charge in [-0.25, -0.2) is 0 Å². The Balaban J connectivity index is 2.25. The highest BCUT2D eigenvalue weighted by Gasteiger charge is 2.21. The second kappa shape index (κ2) is 4.14. The Morgan fingerprint density at radius 3 is 2.38 bits per heavy atom. The molecule has 0 aliphatic carbocycles. The van der Waals surface area contributed by atoms with Crippen LogP contribution in [-0.4, -0.2) is 10.2 Å². The van der Waals surface area contributed by atoms with Crippen molar-refractivity contribution in [1.82, 2.24) is 10.2 Å². The number of aromatic amines is 1. The lowest BCUT2D eigenvalue weighted by atomic mass is 10.0. The minimum absolute atomic E-state index is 0.442. The molecule has 3 N–H and O–H groups in total. The van der Waals surface area contributed by atoms with Gasteiger partial charge in [-0.3, -0.25) is 5.10 Å². The number of nitrogens with zero attached hydrogens (tertiary/aromatic N) is 1. The molecule has 3 heterocycles. The van der Waals surface area contributed by atoms with E-state index in [1.807, 2.05) is 26.0 Å². The van der Waals surface area contributed by atoms with Crippen molar-refractivity contribution < 1.29 is 8.83 Å². The second-order valence-electron chi connectivity index (χ2n) is 5.10. The van der Waals surface area contributed by atoms with Gasteiger partial charge in [0.25, 0.3) is 0 Å². The number of rotatable bonds is 1. The molecule has 6 heteroatoms. The van der Waals surface area contributed by atoms with Gasteiger partial charge in [0.05, 0.1) is 15.7 Å². The standard InChI is InChI=1S/C15H12BrN3O2/c1-6-3-8-12(10-5-11(17)19-18-10)14-9(4-7(2)20-14)13(16)15(8)21-6/h3-5H,1-2H3,(H3,17,18,19). The molecular formula is C15H12BrN3O2. The van der Waals surface area contributed by atoms with Crippen molar-refractivity contribution in [1.29, 1.82) is 0 Å². The van der Waals surface area contributed by atoms with Crippen LogP contribution in [-0.2, 0) is 0 Å². The summed E-state index contributed by atoms with van der Waals surface area (Å²) >= 11 is 3.62. The Hall–Kier alpha value is -2.21. The first-order chi connectivity index (χ1) is 10.0. The van der Waals surface area contributed by atoms with Crippen LogP contribution in [0.2, 0.25) is 0 Å². The lowest BCUT2D eigenvalue weighted by Crippen LogP contribution is -1.82. The molecule has 0 aliphatic rings. The normalized spacial score (nSPS) is 11.8. The van der Waals surface area contributed by atoms with Gasteiger partial charge in [0.15, 0.2) is 0 Å². The zero-order valence-electron chi connectivity index (χ0n) is 11.5. The summed E-state index contributed by atoms with van der Waals surface area (Å²) in [5.74, 6) is 2.12. The van der Waals surface area contributed by atoms with Crippen LogP contribution < -0.4 is 5.73 Å². The SMILES string of the molecule is Cc1cc2c(-c3cc(N)n[nH]3)c3oc(C)cc3c(Br)c2o1. The van der Waals surface area contributed by atoms with Gasteiger partial charge in [0.1, 0.15) is 28.5 Å². The van der Waals surface area contributed by atoms with E-state index in [1.165, 1.54) is 0 Å². The Morgan fingerprint density at radius 1 is 1.05 bits per heavy atom. The molecule has 21 heavy (non-hydrogen) atoms. The van der Waals surface area contributed by atoms with Gasteiger partial charge in [-0.15, -0.1) is 0 Å². The van der Waals surface area contributed by atoms with E-state index in [-0.39, 0.29) is 0 Å². The Bertz CT molecular complexity index is 936. The third kappa shape index (κ3) is 1.72. The molecule has 0 aliphatic heterocycles. The van der Waals surface area contributed by atoms with Crippen molar-refractivity contribution in [3.8, 4) is 11.3 Å². The van der Waals surface area contributed by atoms with Crippen LogP contribution in [0.3, 0.4) is 0 Å². The molecule has 1 aromatic carbocycles. The maximum atomic E-state index is 5.90. The van der Waals surface area contributed by atoms with Crippen LogP contribution in [0.25, 0.3) is 33.2 Å². The molecule has 106 valence electrons. The fourth-order valence-electron chi connectivity index (χ4n) is 2.70. The van der Waals surface area contributed by atoms with Gasteiger partial charge in [-0.2, -0.15) is 5.10 Å². The minimum Gasteiger partial charge on any atom is -0.461 e. The molecule has 0 atom stereocenters. The summed E-state index contributed by atoms with van der Waals surface area (Å²) < 4.78 is 12.6. The number of halogens is 1. The highest BCUT2D eigenvalue weighted by Crippen LogP contribution is 2.43. The lowest BCUT2D eigenvalue weighted by Gasteiger charge is -2.03. The first-order valence-corrected chi connectivity index (χ1v) is 7.27. The van der Waals surface area contributed by atoms with Crippen LogP contribution in [0.5, 0.6) is 0 Å². The third-order valence-electron chi connectivity index (χ3n) is 3.51. The topological polar surface area (TPSA) is 81.0 Å². The van der Waals surface area contributed by atoms with Crippen LogP contribution in [0.15, 0.2) is 31.5 Å². The molecule has 0 radical (unpaired) electrons. The van der Waals surface area contributed by atoms with E-state index < -0.39 is 0 Å². The highest BCUT2D eigenvalue weighted by molar-refractivity contribution is 9.10. The number of fused-ring (bicyclic) bond motifs is 2. The first-order valence-electron chi connectivity index (χ1n) is 6.47. The fraction of sp³-hybridized carbons (Fsp3) is 0.133. The largest absolute Gasteiger partial charge is 0.461 e. The molecular weight excluding hydrogens is 334 g/mol. The lowest BCUT2D eigenvalue weighted by molar-refractivity contribution is 0.575. The number of hydrogen-bond donors (Lipinski definition) is 2. The Kier molecular flexibility index (Phi) is 2.47. The Morgan fingerprint density at radius 2 is 1.71 bits per heavy atom. The van der Waals surface area contributed by atoms with Gasteiger partial charge >= 0.3 is 0 Å². The fourth-order valence-corrected chi connectivity index (χ4v) is 3.29. The number of nitrogens with one attached hydrogen (secondary N) is 1. The summed E-state index contributed by atoms with van der Waals surface area (Å²) in [5, 5.41) is 8.90. The summed E-state index contributed by atoms with van der Waals surface area (Å²) in [6.45, 7) is 3.84. The van der Waals surface area contributed by atoms with E-state index in [0.717, 1.165) is 49.2 Å². The molecule has 0 bridgehead atoms. The van der Waals surface area contributed by atoms with Crippen molar-refractivity contribution >= 4 is 43.7 Å². The molecule has 5 nitrogen and oxygen atoms in total. The van der Waals surface area contributed by atoms with Crippen molar-refractivity contribution in [2.45, 2.75) is 13.8 Å². The summed E-state index contributed by atoms with van der Waals surface area (Å²) in [5.41, 5.74) is 9.05. The van der Waals surface area contributed by atoms with Crippen molar-refractivity contribution in [3.05, 3.63) is 34.2 Å². The van der Waals surface area contributed by atoms with Crippen LogP contribution in [0.4, 0.5) is 5.82 Å². The number of hydrogen-bond acceptors (Lipinski definition) is 4. The van der Waals surface area contributed by atoms with E-state index in [2.05, 4.69) is 26.1 Å². The first kappa shape index (κ1) is 12.5. The van der Waals surface area contributed by atoms with Crippen molar-refractivity contribution in [2.24, 2.45) is 0 Å². The zero-order valence-corrected chi connectivity index (χ0v) is 13.0. The monoisotopic (exact) mass is 345 g/mol. The number of H-pyrrole nitrogens is 1. The molecule has 0 unspecified atom stereocenters. The Labute approximate surface area is 128 Å². The van der Waals surface area contributed by atoms with E-state index in [9.17, 15) is 0 Å². The third-order valence-corrected chi connectivity index (χ3v) is 4.30. The van der Waals surface area contributed by atoms with Crippen molar-refractivity contribution in [2.75, 3.05) is 5.73 Å². The van der Waals surface area contributed by atoms with E-state index >= 15 is 0 Å². The summed E-state index contributed by atoms with van der Waals surface area (Å²) in [6.07, 6.45) is 0. The number of furan rings is 2. The summed E-state index contributed by atoms with van der Waals surface area (Å²) in [4.78, 5) is 0. The second-order valence-corrected chi connectivity index (χ2v) is 5.89. The van der Waals surface area contributed by atoms with Crippen LogP contribution in [0, 0.1) is 13.8 Å². The quantitative estimate of drug-likeness (QED) is 0.531. The molecule has 0 saturated carbocycles. The van der Waals surface area contributed by atoms with Crippen molar-refractivity contribution in [3.63, 3.8) is 0 Å². The number of anilines is 1. The maximum Gasteiger partial charge on any atom is 0.149 e. The maximum absolute atomic E-state index is 5.90. The molecule has 4 aromatic rings. The van der Waals surface area contributed by atoms with Gasteiger partial charge in [0.2, 0.25) is 0 Å². The predicted octanol–water partition coefficient (Wildman–Crippen LogP) is 4.53. The molecule has 0 fully saturated rings. The predicted molar refractivity (Wildman–Crippen MR) is 85.2 cm³/mol. The smallest absolute Gasteiger partial charge is 0.149 e. The van der Waals surface area contributed by atoms with Crippen LogP contribution >= 0.6 is 15.9 Å². The average molecular weight is 346 g/mol. The van der Waals surface area contributed by atoms with E-state index in [4.69, 9.17) is 14.6 Å². The molecule has 0 spiro atoms. The minimum atomic E-state index is 0.442. The number of benzene rings is 1. The van der Waals surface area contributed by atoms with Gasteiger partial charge in [-0.05, 0) is 41.9 Å². The summed E-state index contributed by atoms with van der Waals surface area (Å²) in [6, 6.07) is 5.77. The zero-order chi connectivity index (χ0) is 14.7. The number of aromatic nitrogens is 2. The molecule has 4 rings (SSSR count). The number of nitrogens with two attached hydrogens (primary N) is 1. The number of nitrogen functional groups attached to an aromatic ring is 1. The summed E-state index contributed by atoms with van der Waals surface area (Å²) in [7, 11) is 0. The molecule has 0 saturated heterocycles. The highest BCUT2D eigenvalue weighted by atomic mass is 79.9. The van der Waals surface area contributed by atoms with Gasteiger partial charge in [-0.1, -0.05) is 0 Å². The van der Waals surface area contributed by atoms with Gasteiger partial charge in [0, 0.05) is 16.8 Å². The van der Waals surface area contributed by atoms with Gasteiger partial charge < -0.3 is 14.6 Å². The molecule has 3 aromatic heterocycles. The van der Waals surface area contributed by atoms with E-state index in [0.29, 0.717) is 5.82 Å².